The minimum absolute atomic E-state index is 0.110. The quantitative estimate of drug-likeness (QED) is 0.862. The first-order valence-electron chi connectivity index (χ1n) is 5.73. The first kappa shape index (κ1) is 14.5. The number of ether oxygens (including phenoxy) is 1. The van der Waals surface area contributed by atoms with E-state index in [0.717, 1.165) is 11.3 Å². The molecule has 0 aliphatic carbocycles. The van der Waals surface area contributed by atoms with Gasteiger partial charge in [0.15, 0.2) is 0 Å². The van der Waals surface area contributed by atoms with E-state index in [1.54, 1.807) is 6.07 Å². The van der Waals surface area contributed by atoms with Crippen molar-refractivity contribution >= 4 is 28.4 Å². The molecule has 1 rings (SSSR count). The molecule has 100 valence electrons. The lowest BCUT2D eigenvalue weighted by Crippen LogP contribution is -2.17. The van der Waals surface area contributed by atoms with Crippen molar-refractivity contribution in [2.45, 2.75) is 27.2 Å². The highest BCUT2D eigenvalue weighted by molar-refractivity contribution is 7.16. The topological polar surface area (TPSA) is 75.6 Å². The average Bonchev–Trinajstić information content (AvgIpc) is 2.69. The molecule has 0 unspecified atom stereocenters. The lowest BCUT2D eigenvalue weighted by Gasteiger charge is -2.07. The third-order valence-electron chi connectivity index (χ3n) is 2.13. The number of hydrogen-bond acceptors (Lipinski definition) is 4. The Morgan fingerprint density at radius 2 is 2.17 bits per heavy atom. The van der Waals surface area contributed by atoms with Gasteiger partial charge >= 0.3 is 12.1 Å². The summed E-state index contributed by atoms with van der Waals surface area (Å²) in [7, 11) is 0. The van der Waals surface area contributed by atoms with Crippen LogP contribution in [0.1, 0.15) is 36.0 Å². The Labute approximate surface area is 110 Å². The molecule has 0 atom stereocenters. The SMILES string of the molecule is CCc1cc(C(=O)O)c(NC(=O)OCC(C)C)s1. The number of nitrogens with one attached hydrogen (secondary N) is 1. The maximum absolute atomic E-state index is 11.5. The lowest BCUT2D eigenvalue weighted by molar-refractivity contribution is 0.0698. The van der Waals surface area contributed by atoms with Gasteiger partial charge in [-0.2, -0.15) is 0 Å². The number of aryl methyl sites for hydroxylation is 1. The molecule has 6 heteroatoms. The maximum Gasteiger partial charge on any atom is 0.412 e. The fourth-order valence-corrected chi connectivity index (χ4v) is 2.21. The van der Waals surface area contributed by atoms with Gasteiger partial charge in [-0.05, 0) is 18.4 Å². The van der Waals surface area contributed by atoms with Crippen LogP contribution in [0, 0.1) is 5.92 Å². The Bertz CT molecular complexity index is 439. The molecule has 0 spiro atoms. The molecule has 1 amide bonds. The molecular formula is C12H17NO4S. The van der Waals surface area contributed by atoms with Crippen molar-refractivity contribution in [3.8, 4) is 0 Å². The van der Waals surface area contributed by atoms with Gasteiger partial charge in [0.2, 0.25) is 0 Å². The van der Waals surface area contributed by atoms with Crippen molar-refractivity contribution in [3.63, 3.8) is 0 Å². The van der Waals surface area contributed by atoms with Gasteiger partial charge in [-0.25, -0.2) is 9.59 Å². The van der Waals surface area contributed by atoms with Crippen molar-refractivity contribution in [2.24, 2.45) is 5.92 Å². The van der Waals surface area contributed by atoms with E-state index in [-0.39, 0.29) is 11.5 Å². The van der Waals surface area contributed by atoms with E-state index < -0.39 is 12.1 Å². The number of carboxylic acid groups (broad SMARTS) is 1. The van der Waals surface area contributed by atoms with Crippen LogP contribution in [0.2, 0.25) is 0 Å². The number of amides is 1. The summed E-state index contributed by atoms with van der Waals surface area (Å²) in [4.78, 5) is 23.4. The second kappa shape index (κ2) is 6.39. The summed E-state index contributed by atoms with van der Waals surface area (Å²) >= 11 is 1.26. The van der Waals surface area contributed by atoms with Crippen molar-refractivity contribution in [3.05, 3.63) is 16.5 Å². The molecule has 0 bridgehead atoms. The zero-order valence-electron chi connectivity index (χ0n) is 10.6. The maximum atomic E-state index is 11.5. The number of carboxylic acids is 1. The summed E-state index contributed by atoms with van der Waals surface area (Å²) in [6.45, 7) is 6.09. The third kappa shape index (κ3) is 4.03. The average molecular weight is 271 g/mol. The molecule has 0 radical (unpaired) electrons. The Morgan fingerprint density at radius 3 is 2.67 bits per heavy atom. The number of anilines is 1. The highest BCUT2D eigenvalue weighted by Gasteiger charge is 2.17. The van der Waals surface area contributed by atoms with E-state index >= 15 is 0 Å². The highest BCUT2D eigenvalue weighted by atomic mass is 32.1. The second-order valence-corrected chi connectivity index (χ2v) is 5.37. The fraction of sp³-hybridized carbons (Fsp3) is 0.500. The number of hydrogen-bond donors (Lipinski definition) is 2. The molecule has 1 aromatic rings. The van der Waals surface area contributed by atoms with Crippen molar-refractivity contribution in [1.29, 1.82) is 0 Å². The molecule has 1 aromatic heterocycles. The Balaban J connectivity index is 2.73. The summed E-state index contributed by atoms with van der Waals surface area (Å²) in [5, 5.41) is 11.8. The van der Waals surface area contributed by atoms with E-state index in [9.17, 15) is 9.59 Å². The van der Waals surface area contributed by atoms with Gasteiger partial charge in [0, 0.05) is 4.88 Å². The van der Waals surface area contributed by atoms with Crippen LogP contribution in [0.25, 0.3) is 0 Å². The molecule has 18 heavy (non-hydrogen) atoms. The molecule has 0 saturated heterocycles. The van der Waals surface area contributed by atoms with E-state index in [4.69, 9.17) is 9.84 Å². The van der Waals surface area contributed by atoms with E-state index in [2.05, 4.69) is 5.32 Å². The fourth-order valence-electron chi connectivity index (χ4n) is 1.24. The van der Waals surface area contributed by atoms with Gasteiger partial charge in [0.05, 0.1) is 12.2 Å². The minimum Gasteiger partial charge on any atom is -0.478 e. The summed E-state index contributed by atoms with van der Waals surface area (Å²) in [5.41, 5.74) is 0.110. The number of carbonyl (C=O) groups excluding carboxylic acids is 1. The van der Waals surface area contributed by atoms with Crippen LogP contribution in [0.5, 0.6) is 0 Å². The van der Waals surface area contributed by atoms with E-state index in [1.807, 2.05) is 20.8 Å². The monoisotopic (exact) mass is 271 g/mol. The zero-order valence-corrected chi connectivity index (χ0v) is 11.5. The van der Waals surface area contributed by atoms with Gasteiger partial charge in [-0.1, -0.05) is 20.8 Å². The molecule has 0 saturated carbocycles. The van der Waals surface area contributed by atoms with Crippen molar-refractivity contribution in [1.82, 2.24) is 0 Å². The van der Waals surface area contributed by atoms with Gasteiger partial charge in [-0.15, -0.1) is 11.3 Å². The van der Waals surface area contributed by atoms with Crippen LogP contribution in [-0.2, 0) is 11.2 Å². The Morgan fingerprint density at radius 1 is 1.50 bits per heavy atom. The minimum atomic E-state index is -1.05. The Kier molecular flexibility index (Phi) is 5.15. The van der Waals surface area contributed by atoms with Crippen molar-refractivity contribution in [2.75, 3.05) is 11.9 Å². The van der Waals surface area contributed by atoms with Crippen LogP contribution >= 0.6 is 11.3 Å². The molecule has 0 fully saturated rings. The predicted molar refractivity (Wildman–Crippen MR) is 70.5 cm³/mol. The summed E-state index contributed by atoms with van der Waals surface area (Å²) in [6, 6.07) is 1.57. The second-order valence-electron chi connectivity index (χ2n) is 4.23. The summed E-state index contributed by atoms with van der Waals surface area (Å²) in [6.07, 6.45) is 0.115. The first-order chi connectivity index (χ1) is 8.43. The summed E-state index contributed by atoms with van der Waals surface area (Å²) in [5.74, 6) is -0.811. The number of rotatable bonds is 5. The summed E-state index contributed by atoms with van der Waals surface area (Å²) < 4.78 is 4.95. The molecule has 0 aliphatic heterocycles. The smallest absolute Gasteiger partial charge is 0.412 e. The predicted octanol–water partition coefficient (Wildman–Crippen LogP) is 3.21. The zero-order chi connectivity index (χ0) is 13.7. The first-order valence-corrected chi connectivity index (χ1v) is 6.55. The normalized spacial score (nSPS) is 10.4. The molecule has 2 N–H and O–H groups in total. The number of carbonyl (C=O) groups is 2. The van der Waals surface area contributed by atoms with E-state index in [0.29, 0.717) is 11.6 Å². The van der Waals surface area contributed by atoms with Crippen LogP contribution in [0.4, 0.5) is 9.80 Å². The molecule has 0 aromatic carbocycles. The van der Waals surface area contributed by atoms with Gasteiger partial charge in [-0.3, -0.25) is 5.32 Å². The van der Waals surface area contributed by atoms with Gasteiger partial charge in [0.25, 0.3) is 0 Å². The number of aromatic carboxylic acids is 1. The number of thiophene rings is 1. The van der Waals surface area contributed by atoms with Crippen LogP contribution in [0.15, 0.2) is 6.07 Å². The van der Waals surface area contributed by atoms with Crippen LogP contribution in [-0.4, -0.2) is 23.8 Å². The van der Waals surface area contributed by atoms with Crippen molar-refractivity contribution < 1.29 is 19.4 Å². The molecular weight excluding hydrogens is 254 g/mol. The van der Waals surface area contributed by atoms with Crippen LogP contribution in [0.3, 0.4) is 0 Å². The standard InChI is InChI=1S/C12H17NO4S/c1-4-8-5-9(11(14)15)10(18-8)13-12(16)17-6-7(2)3/h5,7H,4,6H2,1-3H3,(H,13,16)(H,14,15). The molecule has 0 aliphatic rings. The lowest BCUT2D eigenvalue weighted by atomic mass is 10.2. The molecule has 1 heterocycles. The van der Waals surface area contributed by atoms with E-state index in [1.165, 1.54) is 11.3 Å². The largest absolute Gasteiger partial charge is 0.478 e. The molecule has 5 nitrogen and oxygen atoms in total. The third-order valence-corrected chi connectivity index (χ3v) is 3.32. The van der Waals surface area contributed by atoms with Gasteiger partial charge < -0.3 is 9.84 Å². The highest BCUT2D eigenvalue weighted by Crippen LogP contribution is 2.28. The van der Waals surface area contributed by atoms with Crippen LogP contribution < -0.4 is 5.32 Å². The van der Waals surface area contributed by atoms with Gasteiger partial charge in [0.1, 0.15) is 5.00 Å². The Hall–Kier alpha value is -1.56.